The fraction of sp³-hybridized carbons (Fsp3) is 0.182. The topological polar surface area (TPSA) is 50.4 Å². The average molecular weight is 444 g/mol. The maximum absolute atomic E-state index is 11.3. The summed E-state index contributed by atoms with van der Waals surface area (Å²) in [4.78, 5) is 11.3. The molecule has 0 bridgehead atoms. The maximum Gasteiger partial charge on any atom is 0.339 e. The van der Waals surface area contributed by atoms with E-state index in [0.29, 0.717) is 11.1 Å². The maximum atomic E-state index is 11.3. The molecule has 0 saturated carbocycles. The quantitative estimate of drug-likeness (QED) is 0.496. The summed E-state index contributed by atoms with van der Waals surface area (Å²) in [5.74, 6) is 0.101. The Hall–Kier alpha value is -0.310. The number of fused-ring (bicyclic) bond motifs is 1. The van der Waals surface area contributed by atoms with Gasteiger partial charge in [0.05, 0.1) is 0 Å². The average Bonchev–Trinajstić information content (AvgIpc) is 2.28. The summed E-state index contributed by atoms with van der Waals surface area (Å²) in [5, 5.41) is 10.1. The zero-order chi connectivity index (χ0) is 12.3. The van der Waals surface area contributed by atoms with E-state index >= 15 is 0 Å². The molecular weight excluding hydrogens is 434 g/mol. The monoisotopic (exact) mass is 444 g/mol. The number of halogens is 2. The highest BCUT2D eigenvalue weighted by Crippen LogP contribution is 2.22. The fourth-order valence-corrected chi connectivity index (χ4v) is 1.44. The van der Waals surface area contributed by atoms with Crippen LogP contribution in [0.15, 0.2) is 27.4 Å². The molecule has 0 atom stereocenters. The van der Waals surface area contributed by atoms with Gasteiger partial charge in [-0.3, -0.25) is 0 Å². The molecule has 1 N–H and O–H groups in total. The van der Waals surface area contributed by atoms with Crippen LogP contribution in [0.1, 0.15) is 11.1 Å². The Kier molecular flexibility index (Phi) is 5.03. The van der Waals surface area contributed by atoms with Gasteiger partial charge in [-0.1, -0.05) is 0 Å². The summed E-state index contributed by atoms with van der Waals surface area (Å²) in [6.07, 6.45) is 0. The Bertz CT molecular complexity index is 561. The van der Waals surface area contributed by atoms with Crippen molar-refractivity contribution in [3.05, 3.63) is 39.7 Å². The van der Waals surface area contributed by atoms with Crippen molar-refractivity contribution in [2.45, 2.75) is 13.8 Å². The Morgan fingerprint density at radius 3 is 2.44 bits per heavy atom. The van der Waals surface area contributed by atoms with Gasteiger partial charge in [0, 0.05) is 54.2 Å². The van der Waals surface area contributed by atoms with Gasteiger partial charge in [-0.15, -0.1) is 0 Å². The van der Waals surface area contributed by atoms with Crippen LogP contribution < -0.4 is 5.63 Å². The van der Waals surface area contributed by atoms with E-state index in [-0.39, 0.29) is 11.4 Å². The highest BCUT2D eigenvalue weighted by Gasteiger charge is 2.07. The molecular formula is C11H10I2O3. The molecule has 86 valence electrons. The number of hydrogen-bond acceptors (Lipinski definition) is 3. The number of rotatable bonds is 0. The summed E-state index contributed by atoms with van der Waals surface area (Å²) in [6.45, 7) is 3.60. The molecule has 1 heterocycles. The first-order valence-electron chi connectivity index (χ1n) is 4.47. The van der Waals surface area contributed by atoms with Crippen LogP contribution in [0.2, 0.25) is 0 Å². The minimum absolute atomic E-state index is 0.101. The second-order valence-corrected chi connectivity index (χ2v) is 3.32. The van der Waals surface area contributed by atoms with E-state index in [4.69, 9.17) is 4.42 Å². The zero-order valence-electron chi connectivity index (χ0n) is 8.75. The Labute approximate surface area is 116 Å². The lowest BCUT2D eigenvalue weighted by atomic mass is 10.1. The first-order chi connectivity index (χ1) is 7.59. The van der Waals surface area contributed by atoms with Gasteiger partial charge >= 0.3 is 5.63 Å². The molecule has 0 aliphatic carbocycles. The van der Waals surface area contributed by atoms with Crippen molar-refractivity contribution in [2.75, 3.05) is 0 Å². The molecule has 0 aliphatic heterocycles. The Morgan fingerprint density at radius 1 is 1.19 bits per heavy atom. The Balaban J connectivity index is 0.000000606. The molecule has 0 saturated heterocycles. The molecule has 2 rings (SSSR count). The number of hydrogen-bond donors (Lipinski definition) is 1. The van der Waals surface area contributed by atoms with E-state index in [9.17, 15) is 9.90 Å². The third-order valence-corrected chi connectivity index (χ3v) is 2.44. The summed E-state index contributed by atoms with van der Waals surface area (Å²) in [7, 11) is 0. The molecule has 5 heteroatoms. The van der Waals surface area contributed by atoms with Crippen molar-refractivity contribution in [1.82, 2.24) is 0 Å². The van der Waals surface area contributed by atoms with Crippen LogP contribution in [0, 0.1) is 13.8 Å². The molecule has 16 heavy (non-hydrogen) atoms. The van der Waals surface area contributed by atoms with Crippen molar-refractivity contribution < 1.29 is 9.52 Å². The second kappa shape index (κ2) is 5.85. The van der Waals surface area contributed by atoms with Crippen molar-refractivity contribution in [3.63, 3.8) is 0 Å². The van der Waals surface area contributed by atoms with Crippen molar-refractivity contribution in [1.29, 1.82) is 0 Å². The van der Waals surface area contributed by atoms with Gasteiger partial charge in [-0.25, -0.2) is 4.79 Å². The van der Waals surface area contributed by atoms with Crippen LogP contribution in [0.3, 0.4) is 0 Å². The van der Waals surface area contributed by atoms with Gasteiger partial charge < -0.3 is 9.52 Å². The molecule has 1 aromatic heterocycles. The number of aromatic hydroxyl groups is 1. The predicted molar refractivity (Wildman–Crippen MR) is 81.7 cm³/mol. The molecule has 1 aromatic carbocycles. The standard InChI is InChI=1S/C11H10O3.I2/c1-6-7(2)11(13)14-10-5-8(12)3-4-9(6)10;1-2/h3-5,12H,1-2H3;. The third-order valence-electron chi connectivity index (χ3n) is 2.44. The van der Waals surface area contributed by atoms with Crippen LogP contribution in [0.25, 0.3) is 11.0 Å². The molecule has 0 aliphatic rings. The molecule has 3 nitrogen and oxygen atoms in total. The van der Waals surface area contributed by atoms with E-state index in [0.717, 1.165) is 10.9 Å². The number of phenolic OH excluding ortho intramolecular Hbond substituents is 1. The normalized spacial score (nSPS) is 9.75. The first-order valence-corrected chi connectivity index (χ1v) is 10.8. The van der Waals surface area contributed by atoms with Crippen LogP contribution >= 0.6 is 37.2 Å². The van der Waals surface area contributed by atoms with Crippen LogP contribution in [-0.4, -0.2) is 5.11 Å². The van der Waals surface area contributed by atoms with Crippen LogP contribution in [-0.2, 0) is 0 Å². The van der Waals surface area contributed by atoms with Gasteiger partial charge in [0.25, 0.3) is 0 Å². The highest BCUT2D eigenvalue weighted by atomic mass is 128. The molecule has 0 unspecified atom stereocenters. The smallest absolute Gasteiger partial charge is 0.339 e. The minimum atomic E-state index is -0.347. The van der Waals surface area contributed by atoms with Gasteiger partial charge in [0.15, 0.2) is 0 Å². The molecule has 2 aromatic rings. The lowest BCUT2D eigenvalue weighted by Crippen LogP contribution is -2.05. The lowest BCUT2D eigenvalue weighted by Gasteiger charge is -2.03. The highest BCUT2D eigenvalue weighted by molar-refractivity contribution is 15.0. The van der Waals surface area contributed by atoms with Crippen LogP contribution in [0.5, 0.6) is 5.75 Å². The van der Waals surface area contributed by atoms with E-state index in [1.54, 1.807) is 19.1 Å². The fourth-order valence-electron chi connectivity index (χ4n) is 1.44. The summed E-state index contributed by atoms with van der Waals surface area (Å²) in [6, 6.07) is 4.77. The minimum Gasteiger partial charge on any atom is -0.508 e. The lowest BCUT2D eigenvalue weighted by molar-refractivity contribution is 0.473. The molecule has 0 spiro atoms. The second-order valence-electron chi connectivity index (χ2n) is 3.32. The first kappa shape index (κ1) is 13.8. The van der Waals surface area contributed by atoms with E-state index in [1.165, 1.54) is 6.07 Å². The largest absolute Gasteiger partial charge is 0.508 e. The van der Waals surface area contributed by atoms with Crippen molar-refractivity contribution >= 4 is 48.2 Å². The van der Waals surface area contributed by atoms with Gasteiger partial charge in [0.1, 0.15) is 11.3 Å². The van der Waals surface area contributed by atoms with Crippen LogP contribution in [0.4, 0.5) is 0 Å². The number of phenols is 1. The SMILES string of the molecule is Cc1c(C)c2ccc(O)cc2oc1=O.II. The van der Waals surface area contributed by atoms with E-state index in [2.05, 4.69) is 37.2 Å². The van der Waals surface area contributed by atoms with Gasteiger partial charge in [0.2, 0.25) is 0 Å². The molecule has 0 radical (unpaired) electrons. The third kappa shape index (κ3) is 2.68. The molecule has 0 amide bonds. The molecule has 0 fully saturated rings. The van der Waals surface area contributed by atoms with E-state index < -0.39 is 0 Å². The summed E-state index contributed by atoms with van der Waals surface area (Å²) in [5.41, 5.74) is 1.60. The number of benzene rings is 1. The summed E-state index contributed by atoms with van der Waals surface area (Å²) < 4.78 is 5.04. The predicted octanol–water partition coefficient (Wildman–Crippen LogP) is 3.89. The van der Waals surface area contributed by atoms with Gasteiger partial charge in [-0.2, -0.15) is 0 Å². The van der Waals surface area contributed by atoms with Gasteiger partial charge in [-0.05, 0) is 31.5 Å². The van der Waals surface area contributed by atoms with Crippen molar-refractivity contribution in [3.8, 4) is 5.75 Å². The zero-order valence-corrected chi connectivity index (χ0v) is 13.1. The Morgan fingerprint density at radius 2 is 1.81 bits per heavy atom. The van der Waals surface area contributed by atoms with Crippen molar-refractivity contribution in [2.24, 2.45) is 0 Å². The summed E-state index contributed by atoms with van der Waals surface area (Å²) >= 11 is 4.24. The van der Waals surface area contributed by atoms with E-state index in [1.807, 2.05) is 6.92 Å². The number of aryl methyl sites for hydroxylation is 1.